The number of furan rings is 1. The first-order chi connectivity index (χ1) is 16.6. The van der Waals surface area contributed by atoms with Crippen LogP contribution in [0.25, 0.3) is 0 Å². The number of halogens is 7. The molecule has 0 aliphatic heterocycles. The Balaban J connectivity index is 1.38. The van der Waals surface area contributed by atoms with Gasteiger partial charge in [-0.05, 0) is 29.8 Å². The van der Waals surface area contributed by atoms with Crippen molar-refractivity contribution in [2.24, 2.45) is 0 Å². The fourth-order valence-corrected chi connectivity index (χ4v) is 4.40. The van der Waals surface area contributed by atoms with Gasteiger partial charge in [-0.2, -0.15) is 0 Å². The Morgan fingerprint density at radius 1 is 0.914 bits per heavy atom. The van der Waals surface area contributed by atoms with Crippen LogP contribution in [0.1, 0.15) is 21.9 Å². The molecular weight excluding hydrogens is 604 g/mol. The Bertz CT molecular complexity index is 1390. The largest absolute Gasteiger partial charge is 0.482 e. The van der Waals surface area contributed by atoms with E-state index in [1.165, 1.54) is 17.1 Å². The van der Waals surface area contributed by atoms with Gasteiger partial charge in [-0.15, -0.1) is 5.10 Å². The van der Waals surface area contributed by atoms with Crippen molar-refractivity contribution in [1.29, 1.82) is 0 Å². The number of hydrogen-bond donors (Lipinski definition) is 1. The molecule has 0 atom stereocenters. The molecule has 1 N–H and O–H groups in total. The lowest BCUT2D eigenvalue weighted by atomic mass is 10.2. The third-order valence-corrected chi connectivity index (χ3v) is 7.49. The number of hydrogen-bond acceptors (Lipinski definition) is 5. The lowest BCUT2D eigenvalue weighted by Crippen LogP contribution is -2.12. The highest BCUT2D eigenvalue weighted by Gasteiger charge is 2.21. The minimum atomic E-state index is -0.558. The van der Waals surface area contributed by atoms with Crippen LogP contribution in [0.2, 0.25) is 35.2 Å². The van der Waals surface area contributed by atoms with Gasteiger partial charge in [0.1, 0.15) is 28.7 Å². The van der Waals surface area contributed by atoms with Crippen LogP contribution >= 0.6 is 81.2 Å². The Kier molecular flexibility index (Phi) is 8.28. The summed E-state index contributed by atoms with van der Waals surface area (Å²) in [6.07, 6.45) is 1.47. The number of nitrogens with one attached hydrogen (secondary N) is 1. The van der Waals surface area contributed by atoms with Crippen molar-refractivity contribution in [3.63, 3.8) is 0 Å². The molecule has 35 heavy (non-hydrogen) atoms. The molecule has 0 saturated heterocycles. The van der Waals surface area contributed by atoms with Crippen LogP contribution < -0.4 is 10.1 Å². The number of aromatic nitrogens is 3. The minimum Gasteiger partial charge on any atom is -0.482 e. The molecule has 7 nitrogen and oxygen atoms in total. The molecule has 4 rings (SSSR count). The van der Waals surface area contributed by atoms with Crippen molar-refractivity contribution in [3.05, 3.63) is 88.9 Å². The first-order valence-corrected chi connectivity index (χ1v) is 12.2. The average molecular weight is 616 g/mol. The zero-order valence-electron chi connectivity index (χ0n) is 17.1. The van der Waals surface area contributed by atoms with E-state index in [4.69, 9.17) is 90.4 Å². The summed E-state index contributed by atoms with van der Waals surface area (Å²) in [5.41, 5.74) is 0.862. The van der Waals surface area contributed by atoms with E-state index in [0.717, 1.165) is 5.56 Å². The van der Waals surface area contributed by atoms with E-state index < -0.39 is 5.91 Å². The van der Waals surface area contributed by atoms with E-state index in [1.807, 2.05) is 6.07 Å². The first kappa shape index (κ1) is 26.2. The van der Waals surface area contributed by atoms with E-state index in [1.54, 1.807) is 18.2 Å². The molecule has 0 aliphatic carbocycles. The summed E-state index contributed by atoms with van der Waals surface area (Å²) in [5, 5.41) is 7.68. The van der Waals surface area contributed by atoms with Gasteiger partial charge < -0.3 is 9.15 Å². The highest BCUT2D eigenvalue weighted by atomic mass is 35.5. The van der Waals surface area contributed by atoms with Gasteiger partial charge >= 0.3 is 0 Å². The summed E-state index contributed by atoms with van der Waals surface area (Å²) in [5.74, 6) is -0.117. The van der Waals surface area contributed by atoms with Gasteiger partial charge in [0, 0.05) is 0 Å². The molecule has 2 heterocycles. The topological polar surface area (TPSA) is 82.2 Å². The molecule has 2 aromatic carbocycles. The van der Waals surface area contributed by atoms with Gasteiger partial charge in [-0.1, -0.05) is 87.3 Å². The van der Waals surface area contributed by atoms with Crippen molar-refractivity contribution in [2.75, 3.05) is 5.32 Å². The van der Waals surface area contributed by atoms with Crippen LogP contribution in [0.15, 0.2) is 41.1 Å². The van der Waals surface area contributed by atoms with Gasteiger partial charge in [-0.25, -0.2) is 9.67 Å². The fraction of sp³-hybridized carbons (Fsp3) is 0.0952. The summed E-state index contributed by atoms with van der Waals surface area (Å²) in [4.78, 5) is 16.6. The summed E-state index contributed by atoms with van der Waals surface area (Å²) in [6, 6.07) is 8.24. The molecule has 2 aromatic heterocycles. The maximum atomic E-state index is 12.5. The second-order valence-electron chi connectivity index (χ2n) is 6.92. The lowest BCUT2D eigenvalue weighted by Gasteiger charge is -2.12. The lowest BCUT2D eigenvalue weighted by molar-refractivity contribution is 0.0991. The van der Waals surface area contributed by atoms with Crippen LogP contribution in [0.4, 0.5) is 5.95 Å². The average Bonchev–Trinajstić information content (AvgIpc) is 3.48. The third-order valence-electron chi connectivity index (χ3n) is 4.50. The van der Waals surface area contributed by atoms with Crippen LogP contribution in [-0.2, 0) is 13.2 Å². The molecule has 0 unspecified atom stereocenters. The quantitative estimate of drug-likeness (QED) is 0.167. The fourth-order valence-electron chi connectivity index (χ4n) is 2.85. The summed E-state index contributed by atoms with van der Waals surface area (Å²) in [7, 11) is 0. The van der Waals surface area contributed by atoms with Gasteiger partial charge in [0.25, 0.3) is 5.91 Å². The predicted octanol–water partition coefficient (Wildman–Crippen LogP) is 8.32. The molecule has 0 saturated carbocycles. The first-order valence-electron chi connectivity index (χ1n) is 9.51. The smallest absolute Gasteiger partial charge is 0.293 e. The molecule has 1 amide bonds. The molecular formula is C21H11Cl7N4O3. The zero-order chi connectivity index (χ0) is 25.3. The SMILES string of the molecule is O=C(Nc1ncn(Cc2ccc(Cl)c(Cl)c2)n1)c1ccc(COc2c(Cl)c(Cl)c(Cl)c(Cl)c2Cl)o1. The van der Waals surface area contributed by atoms with E-state index >= 15 is 0 Å². The second-order valence-corrected chi connectivity index (χ2v) is 9.63. The van der Waals surface area contributed by atoms with Gasteiger partial charge in [0.2, 0.25) is 5.95 Å². The summed E-state index contributed by atoms with van der Waals surface area (Å²) in [6.45, 7) is 0.267. The van der Waals surface area contributed by atoms with E-state index in [-0.39, 0.29) is 49.2 Å². The highest BCUT2D eigenvalue weighted by molar-refractivity contribution is 6.55. The minimum absolute atomic E-state index is 0.00174. The van der Waals surface area contributed by atoms with E-state index in [2.05, 4.69) is 15.4 Å². The van der Waals surface area contributed by atoms with E-state index in [0.29, 0.717) is 22.4 Å². The van der Waals surface area contributed by atoms with Crippen molar-refractivity contribution in [2.45, 2.75) is 13.2 Å². The standard InChI is InChI=1S/C21H11Cl7N4O3/c22-11-3-1-9(5-12(11)23)6-32-8-29-21(31-32)30-20(33)13-4-2-10(35-13)7-34-19-17(27)15(25)14(24)16(26)18(19)28/h1-5,8H,6-7H2,(H,30,31,33). The number of carbonyl (C=O) groups is 1. The zero-order valence-corrected chi connectivity index (χ0v) is 22.4. The van der Waals surface area contributed by atoms with Crippen LogP contribution in [0, 0.1) is 0 Å². The van der Waals surface area contributed by atoms with Gasteiger partial charge in [-0.3, -0.25) is 10.1 Å². The van der Waals surface area contributed by atoms with Crippen molar-refractivity contribution in [3.8, 4) is 5.75 Å². The maximum Gasteiger partial charge on any atom is 0.293 e. The molecule has 4 aromatic rings. The Morgan fingerprint density at radius 3 is 2.29 bits per heavy atom. The van der Waals surface area contributed by atoms with Crippen molar-refractivity contribution < 1.29 is 13.9 Å². The number of benzene rings is 2. The second kappa shape index (κ2) is 11.0. The van der Waals surface area contributed by atoms with Gasteiger partial charge in [0.05, 0.1) is 31.7 Å². The Labute approximate surface area is 233 Å². The normalized spacial score (nSPS) is 11.1. The number of amides is 1. The molecule has 0 radical (unpaired) electrons. The number of ether oxygens (including phenoxy) is 1. The monoisotopic (exact) mass is 612 g/mol. The molecule has 182 valence electrons. The number of rotatable bonds is 7. The highest BCUT2D eigenvalue weighted by Crippen LogP contribution is 2.48. The van der Waals surface area contributed by atoms with Crippen LogP contribution in [0.3, 0.4) is 0 Å². The molecule has 0 spiro atoms. The van der Waals surface area contributed by atoms with Gasteiger partial charge in [0.15, 0.2) is 11.5 Å². The number of anilines is 1. The summed E-state index contributed by atoms with van der Waals surface area (Å²) >= 11 is 42.3. The number of nitrogens with zero attached hydrogens (tertiary/aromatic N) is 3. The molecule has 14 heteroatoms. The molecule has 0 bridgehead atoms. The summed E-state index contributed by atoms with van der Waals surface area (Å²) < 4.78 is 12.7. The van der Waals surface area contributed by atoms with Crippen molar-refractivity contribution >= 4 is 93.1 Å². The van der Waals surface area contributed by atoms with Crippen LogP contribution in [-0.4, -0.2) is 20.7 Å². The maximum absolute atomic E-state index is 12.5. The third kappa shape index (κ3) is 5.94. The number of carbonyl (C=O) groups excluding carboxylic acids is 1. The van der Waals surface area contributed by atoms with E-state index in [9.17, 15) is 4.79 Å². The Morgan fingerprint density at radius 2 is 1.60 bits per heavy atom. The molecule has 0 fully saturated rings. The van der Waals surface area contributed by atoms with Crippen LogP contribution in [0.5, 0.6) is 5.75 Å². The molecule has 0 aliphatic rings. The van der Waals surface area contributed by atoms with Crippen molar-refractivity contribution in [1.82, 2.24) is 14.8 Å². The predicted molar refractivity (Wildman–Crippen MR) is 138 cm³/mol. The Hall–Kier alpha value is -1.84.